The number of halogens is 1. The summed E-state index contributed by atoms with van der Waals surface area (Å²) in [7, 11) is 0. The summed E-state index contributed by atoms with van der Waals surface area (Å²) in [6, 6.07) is 20.7. The molecule has 0 amide bonds. The monoisotopic (exact) mass is 372 g/mol. The molecule has 23 heavy (non-hydrogen) atoms. The lowest BCUT2D eigenvalue weighted by molar-refractivity contribution is 0.669. The van der Waals surface area contributed by atoms with E-state index in [0.29, 0.717) is 0 Å². The number of hydrogen-bond acceptors (Lipinski definition) is 2. The molecule has 2 N–H and O–H groups in total. The SMILES string of the molecule is Br.C(=C/c1ccccc1)/CNCCNC/C=C/c1ccccc1. The standard InChI is InChI=1S/C20H24N2.BrH/c1-3-9-19(10-4-1)13-7-15-21-17-18-22-16-8-14-20-11-5-2-6-12-20;/h1-14,21-22H,15-18H2;1H/b13-7-,14-8+;. The molecule has 0 aliphatic rings. The second kappa shape index (κ2) is 12.8. The van der Waals surface area contributed by atoms with Gasteiger partial charge in [-0.1, -0.05) is 85.0 Å². The van der Waals surface area contributed by atoms with Gasteiger partial charge in [-0.2, -0.15) is 0 Å². The van der Waals surface area contributed by atoms with E-state index in [1.54, 1.807) is 0 Å². The van der Waals surface area contributed by atoms with Crippen LogP contribution in [0.25, 0.3) is 12.2 Å². The predicted molar refractivity (Wildman–Crippen MR) is 107 cm³/mol. The van der Waals surface area contributed by atoms with Gasteiger partial charge in [0.2, 0.25) is 0 Å². The molecule has 0 fully saturated rings. The van der Waals surface area contributed by atoms with E-state index in [9.17, 15) is 0 Å². The van der Waals surface area contributed by atoms with Crippen LogP contribution >= 0.6 is 17.0 Å². The van der Waals surface area contributed by atoms with Gasteiger partial charge in [-0.25, -0.2) is 0 Å². The smallest absolute Gasteiger partial charge is 0.0138 e. The summed E-state index contributed by atoms with van der Waals surface area (Å²) in [5.41, 5.74) is 2.49. The summed E-state index contributed by atoms with van der Waals surface area (Å²) in [6.45, 7) is 3.74. The zero-order valence-corrected chi connectivity index (χ0v) is 15.0. The molecule has 0 atom stereocenters. The van der Waals surface area contributed by atoms with Gasteiger partial charge in [0, 0.05) is 26.2 Å². The van der Waals surface area contributed by atoms with E-state index < -0.39 is 0 Å². The minimum atomic E-state index is 0. The van der Waals surface area contributed by atoms with Crippen LogP contribution in [0.1, 0.15) is 11.1 Å². The maximum atomic E-state index is 3.39. The minimum Gasteiger partial charge on any atom is -0.312 e. The zero-order chi connectivity index (χ0) is 15.3. The fourth-order valence-corrected chi connectivity index (χ4v) is 2.07. The predicted octanol–water partition coefficient (Wildman–Crippen LogP) is 4.17. The first-order valence-corrected chi connectivity index (χ1v) is 7.80. The molecule has 2 aromatic carbocycles. The Morgan fingerprint density at radius 3 is 1.39 bits per heavy atom. The van der Waals surface area contributed by atoms with Crippen molar-refractivity contribution in [2.24, 2.45) is 0 Å². The largest absolute Gasteiger partial charge is 0.312 e. The highest BCUT2D eigenvalue weighted by atomic mass is 79.9. The molecule has 0 spiro atoms. The third-order valence-corrected chi connectivity index (χ3v) is 3.22. The summed E-state index contributed by atoms with van der Waals surface area (Å²) in [6.07, 6.45) is 8.60. The molecule has 2 aromatic rings. The Morgan fingerprint density at radius 1 is 0.609 bits per heavy atom. The minimum absolute atomic E-state index is 0. The average molecular weight is 373 g/mol. The lowest BCUT2D eigenvalue weighted by atomic mass is 10.2. The Bertz CT molecular complexity index is 511. The maximum Gasteiger partial charge on any atom is 0.0138 e. The zero-order valence-electron chi connectivity index (χ0n) is 13.3. The van der Waals surface area contributed by atoms with Crippen molar-refractivity contribution >= 4 is 29.1 Å². The quantitative estimate of drug-likeness (QED) is 0.645. The van der Waals surface area contributed by atoms with E-state index in [1.165, 1.54) is 11.1 Å². The Hall–Kier alpha value is -1.68. The van der Waals surface area contributed by atoms with Crippen molar-refractivity contribution in [1.29, 1.82) is 0 Å². The Balaban J connectivity index is 0.00000264. The van der Waals surface area contributed by atoms with Crippen LogP contribution in [0.4, 0.5) is 0 Å². The van der Waals surface area contributed by atoms with Gasteiger partial charge in [-0.3, -0.25) is 0 Å². The molecular weight excluding hydrogens is 348 g/mol. The van der Waals surface area contributed by atoms with E-state index in [-0.39, 0.29) is 17.0 Å². The molecule has 2 rings (SSSR count). The highest BCUT2D eigenvalue weighted by Crippen LogP contribution is 2.00. The van der Waals surface area contributed by atoms with Crippen molar-refractivity contribution < 1.29 is 0 Å². The molecular formula is C20H25BrN2. The van der Waals surface area contributed by atoms with Crippen LogP contribution in [0.5, 0.6) is 0 Å². The van der Waals surface area contributed by atoms with E-state index >= 15 is 0 Å². The van der Waals surface area contributed by atoms with Crippen LogP contribution in [-0.2, 0) is 0 Å². The Kier molecular flexibility index (Phi) is 10.8. The first-order valence-electron chi connectivity index (χ1n) is 7.80. The summed E-state index contributed by atoms with van der Waals surface area (Å²) in [5.74, 6) is 0. The van der Waals surface area contributed by atoms with Crippen molar-refractivity contribution in [2.45, 2.75) is 0 Å². The molecule has 0 aromatic heterocycles. The summed E-state index contributed by atoms with van der Waals surface area (Å²) >= 11 is 0. The van der Waals surface area contributed by atoms with Crippen molar-refractivity contribution in [2.75, 3.05) is 26.2 Å². The van der Waals surface area contributed by atoms with Crippen LogP contribution in [-0.4, -0.2) is 26.2 Å². The fraction of sp³-hybridized carbons (Fsp3) is 0.200. The average Bonchev–Trinajstić information content (AvgIpc) is 2.58. The Morgan fingerprint density at radius 2 is 1.00 bits per heavy atom. The number of hydrogen-bond donors (Lipinski definition) is 2. The highest BCUT2D eigenvalue weighted by molar-refractivity contribution is 8.93. The molecule has 0 radical (unpaired) electrons. The molecule has 3 heteroatoms. The van der Waals surface area contributed by atoms with Crippen molar-refractivity contribution in [3.8, 4) is 0 Å². The van der Waals surface area contributed by atoms with Crippen LogP contribution < -0.4 is 10.6 Å². The number of benzene rings is 2. The maximum absolute atomic E-state index is 3.39. The normalized spacial score (nSPS) is 11.0. The van der Waals surface area contributed by atoms with Crippen LogP contribution in [0.3, 0.4) is 0 Å². The molecule has 0 heterocycles. The molecule has 0 aliphatic carbocycles. The summed E-state index contributed by atoms with van der Waals surface area (Å²) in [4.78, 5) is 0. The van der Waals surface area contributed by atoms with E-state index in [0.717, 1.165) is 26.2 Å². The molecule has 0 unspecified atom stereocenters. The second-order valence-corrected chi connectivity index (χ2v) is 5.03. The third kappa shape index (κ3) is 9.14. The molecule has 122 valence electrons. The van der Waals surface area contributed by atoms with Crippen LogP contribution in [0, 0.1) is 0 Å². The first kappa shape index (κ1) is 19.4. The van der Waals surface area contributed by atoms with E-state index in [2.05, 4.69) is 83.5 Å². The molecule has 0 bridgehead atoms. The second-order valence-electron chi connectivity index (χ2n) is 5.03. The van der Waals surface area contributed by atoms with Crippen molar-refractivity contribution in [1.82, 2.24) is 10.6 Å². The summed E-state index contributed by atoms with van der Waals surface area (Å²) < 4.78 is 0. The fourth-order valence-electron chi connectivity index (χ4n) is 2.07. The van der Waals surface area contributed by atoms with Gasteiger partial charge >= 0.3 is 0 Å². The van der Waals surface area contributed by atoms with Gasteiger partial charge in [0.15, 0.2) is 0 Å². The molecule has 2 nitrogen and oxygen atoms in total. The molecule has 0 saturated carbocycles. The topological polar surface area (TPSA) is 24.1 Å². The number of rotatable bonds is 9. The van der Waals surface area contributed by atoms with Gasteiger partial charge in [0.25, 0.3) is 0 Å². The lowest BCUT2D eigenvalue weighted by Crippen LogP contribution is -2.27. The van der Waals surface area contributed by atoms with Crippen molar-refractivity contribution in [3.05, 3.63) is 83.9 Å². The first-order chi connectivity index (χ1) is 10.9. The lowest BCUT2D eigenvalue weighted by Gasteiger charge is -2.02. The molecule has 0 aliphatic heterocycles. The Labute approximate surface area is 150 Å². The summed E-state index contributed by atoms with van der Waals surface area (Å²) in [5, 5.41) is 6.78. The number of nitrogens with one attached hydrogen (secondary N) is 2. The van der Waals surface area contributed by atoms with Gasteiger partial charge in [-0.05, 0) is 11.1 Å². The third-order valence-electron chi connectivity index (χ3n) is 3.22. The van der Waals surface area contributed by atoms with Crippen molar-refractivity contribution in [3.63, 3.8) is 0 Å². The van der Waals surface area contributed by atoms with Crippen LogP contribution in [0.15, 0.2) is 72.8 Å². The van der Waals surface area contributed by atoms with Gasteiger partial charge in [0.1, 0.15) is 0 Å². The van der Waals surface area contributed by atoms with Gasteiger partial charge in [-0.15, -0.1) is 17.0 Å². The molecule has 0 saturated heterocycles. The van der Waals surface area contributed by atoms with Gasteiger partial charge in [0.05, 0.1) is 0 Å². The van der Waals surface area contributed by atoms with E-state index in [1.807, 2.05) is 12.1 Å². The highest BCUT2D eigenvalue weighted by Gasteiger charge is 1.86. The van der Waals surface area contributed by atoms with Crippen LogP contribution in [0.2, 0.25) is 0 Å². The van der Waals surface area contributed by atoms with E-state index in [4.69, 9.17) is 0 Å². The van der Waals surface area contributed by atoms with Gasteiger partial charge < -0.3 is 10.6 Å².